The standard InChI is InChI=1S/C15H16N4O2/c20-15(21)12-1-2-14(17-11-12)19-9-7-18(8-10-19)13-3-5-16-6-4-13/h1-6,11H,7-10H2,(H,20,21). The van der Waals surface area contributed by atoms with Gasteiger partial charge in [0.25, 0.3) is 0 Å². The highest BCUT2D eigenvalue weighted by molar-refractivity contribution is 5.87. The van der Waals surface area contributed by atoms with E-state index in [-0.39, 0.29) is 5.56 Å². The highest BCUT2D eigenvalue weighted by atomic mass is 16.4. The van der Waals surface area contributed by atoms with E-state index >= 15 is 0 Å². The number of carbonyl (C=O) groups is 1. The number of piperazine rings is 1. The number of carboxylic acids is 1. The summed E-state index contributed by atoms with van der Waals surface area (Å²) in [5, 5.41) is 8.88. The summed E-state index contributed by atoms with van der Waals surface area (Å²) in [6.45, 7) is 3.54. The summed E-state index contributed by atoms with van der Waals surface area (Å²) < 4.78 is 0. The number of rotatable bonds is 3. The van der Waals surface area contributed by atoms with Crippen molar-refractivity contribution < 1.29 is 9.90 Å². The number of carboxylic acid groups (broad SMARTS) is 1. The van der Waals surface area contributed by atoms with Crippen LogP contribution in [0.3, 0.4) is 0 Å². The van der Waals surface area contributed by atoms with Crippen LogP contribution in [0, 0.1) is 0 Å². The zero-order chi connectivity index (χ0) is 14.7. The van der Waals surface area contributed by atoms with Gasteiger partial charge in [-0.25, -0.2) is 9.78 Å². The van der Waals surface area contributed by atoms with Crippen molar-refractivity contribution in [2.24, 2.45) is 0 Å². The Kier molecular flexibility index (Phi) is 3.68. The molecule has 1 aliphatic heterocycles. The molecule has 2 aromatic rings. The number of aromatic carboxylic acids is 1. The zero-order valence-electron chi connectivity index (χ0n) is 11.5. The molecule has 1 saturated heterocycles. The molecular formula is C15H16N4O2. The molecule has 0 radical (unpaired) electrons. The molecule has 1 aliphatic rings. The summed E-state index contributed by atoms with van der Waals surface area (Å²) in [4.78, 5) is 23.6. The van der Waals surface area contributed by atoms with Crippen LogP contribution in [0.25, 0.3) is 0 Å². The maximum Gasteiger partial charge on any atom is 0.337 e. The summed E-state index contributed by atoms with van der Waals surface area (Å²) in [6.07, 6.45) is 5.01. The van der Waals surface area contributed by atoms with Crippen molar-refractivity contribution in [3.05, 3.63) is 48.4 Å². The third-order valence-corrected chi connectivity index (χ3v) is 3.63. The van der Waals surface area contributed by atoms with Gasteiger partial charge < -0.3 is 14.9 Å². The van der Waals surface area contributed by atoms with Crippen molar-refractivity contribution in [1.29, 1.82) is 0 Å². The smallest absolute Gasteiger partial charge is 0.337 e. The van der Waals surface area contributed by atoms with Crippen molar-refractivity contribution >= 4 is 17.5 Å². The third-order valence-electron chi connectivity index (χ3n) is 3.63. The van der Waals surface area contributed by atoms with Crippen molar-refractivity contribution in [1.82, 2.24) is 9.97 Å². The second-order valence-electron chi connectivity index (χ2n) is 4.89. The maximum absolute atomic E-state index is 10.8. The molecule has 0 saturated carbocycles. The number of hydrogen-bond donors (Lipinski definition) is 1. The minimum atomic E-state index is -0.948. The fourth-order valence-corrected chi connectivity index (χ4v) is 2.45. The molecule has 0 unspecified atom stereocenters. The quantitative estimate of drug-likeness (QED) is 0.921. The van der Waals surface area contributed by atoms with Crippen LogP contribution in [0.1, 0.15) is 10.4 Å². The number of hydrogen-bond acceptors (Lipinski definition) is 5. The molecule has 0 spiro atoms. The Morgan fingerprint density at radius 3 is 2.24 bits per heavy atom. The Labute approximate surface area is 122 Å². The molecule has 21 heavy (non-hydrogen) atoms. The minimum absolute atomic E-state index is 0.217. The van der Waals surface area contributed by atoms with Gasteiger partial charge in [0.2, 0.25) is 0 Å². The molecule has 0 aromatic carbocycles. The average molecular weight is 284 g/mol. The highest BCUT2D eigenvalue weighted by Crippen LogP contribution is 2.18. The van der Waals surface area contributed by atoms with E-state index in [9.17, 15) is 4.79 Å². The van der Waals surface area contributed by atoms with Gasteiger partial charge in [-0.3, -0.25) is 4.98 Å². The molecule has 1 N–H and O–H groups in total. The lowest BCUT2D eigenvalue weighted by atomic mass is 10.2. The van der Waals surface area contributed by atoms with Gasteiger partial charge in [-0.2, -0.15) is 0 Å². The Bertz CT molecular complexity index is 607. The van der Waals surface area contributed by atoms with Crippen LogP contribution in [0.2, 0.25) is 0 Å². The Balaban J connectivity index is 1.64. The molecule has 6 nitrogen and oxygen atoms in total. The van der Waals surface area contributed by atoms with E-state index in [1.807, 2.05) is 12.1 Å². The van der Waals surface area contributed by atoms with Crippen LogP contribution < -0.4 is 9.80 Å². The molecule has 6 heteroatoms. The van der Waals surface area contributed by atoms with Gasteiger partial charge in [0.05, 0.1) is 5.56 Å². The SMILES string of the molecule is O=C(O)c1ccc(N2CCN(c3ccncc3)CC2)nc1. The van der Waals surface area contributed by atoms with E-state index in [1.165, 1.54) is 11.9 Å². The van der Waals surface area contributed by atoms with Gasteiger partial charge in [0.15, 0.2) is 0 Å². The number of aromatic nitrogens is 2. The topological polar surface area (TPSA) is 69.6 Å². The average Bonchev–Trinajstić information content (AvgIpc) is 2.56. The molecule has 0 aliphatic carbocycles. The van der Waals surface area contributed by atoms with Crippen LogP contribution in [-0.2, 0) is 0 Å². The second-order valence-corrected chi connectivity index (χ2v) is 4.89. The summed E-state index contributed by atoms with van der Waals surface area (Å²) in [5.74, 6) is -0.120. The van der Waals surface area contributed by atoms with Gasteiger partial charge in [-0.05, 0) is 24.3 Å². The molecule has 0 bridgehead atoms. The zero-order valence-corrected chi connectivity index (χ0v) is 11.5. The lowest BCUT2D eigenvalue weighted by Gasteiger charge is -2.36. The number of nitrogens with zero attached hydrogens (tertiary/aromatic N) is 4. The predicted octanol–water partition coefficient (Wildman–Crippen LogP) is 1.50. The van der Waals surface area contributed by atoms with Crippen molar-refractivity contribution in [2.45, 2.75) is 0 Å². The number of pyridine rings is 2. The first-order valence-electron chi connectivity index (χ1n) is 6.83. The molecular weight excluding hydrogens is 268 g/mol. The van der Waals surface area contributed by atoms with Gasteiger partial charge in [-0.15, -0.1) is 0 Å². The molecule has 3 heterocycles. The predicted molar refractivity (Wildman–Crippen MR) is 79.9 cm³/mol. The Morgan fingerprint density at radius 1 is 1.00 bits per heavy atom. The molecule has 1 fully saturated rings. The first-order chi connectivity index (χ1) is 10.2. The van der Waals surface area contributed by atoms with Crippen molar-refractivity contribution in [3.63, 3.8) is 0 Å². The molecule has 0 atom stereocenters. The highest BCUT2D eigenvalue weighted by Gasteiger charge is 2.18. The maximum atomic E-state index is 10.8. The van der Waals surface area contributed by atoms with Crippen LogP contribution in [0.15, 0.2) is 42.9 Å². The van der Waals surface area contributed by atoms with E-state index in [0.29, 0.717) is 0 Å². The first kappa shape index (κ1) is 13.4. The van der Waals surface area contributed by atoms with Crippen LogP contribution in [0.5, 0.6) is 0 Å². The van der Waals surface area contributed by atoms with E-state index in [4.69, 9.17) is 5.11 Å². The Morgan fingerprint density at radius 2 is 1.67 bits per heavy atom. The van der Waals surface area contributed by atoms with E-state index in [2.05, 4.69) is 19.8 Å². The monoisotopic (exact) mass is 284 g/mol. The minimum Gasteiger partial charge on any atom is -0.478 e. The van der Waals surface area contributed by atoms with Crippen molar-refractivity contribution in [3.8, 4) is 0 Å². The van der Waals surface area contributed by atoms with Crippen LogP contribution in [0.4, 0.5) is 11.5 Å². The van der Waals surface area contributed by atoms with Gasteiger partial charge in [0, 0.05) is 50.5 Å². The fourth-order valence-electron chi connectivity index (χ4n) is 2.45. The summed E-state index contributed by atoms with van der Waals surface area (Å²) in [5.41, 5.74) is 1.40. The molecule has 3 rings (SSSR count). The lowest BCUT2D eigenvalue weighted by molar-refractivity contribution is 0.0696. The lowest BCUT2D eigenvalue weighted by Crippen LogP contribution is -2.46. The summed E-state index contributed by atoms with van der Waals surface area (Å²) >= 11 is 0. The Hall–Kier alpha value is -2.63. The fraction of sp³-hybridized carbons (Fsp3) is 0.267. The summed E-state index contributed by atoms with van der Waals surface area (Å²) in [6, 6.07) is 7.39. The largest absolute Gasteiger partial charge is 0.478 e. The third kappa shape index (κ3) is 2.94. The van der Waals surface area contributed by atoms with Crippen LogP contribution in [-0.4, -0.2) is 47.2 Å². The van der Waals surface area contributed by atoms with Gasteiger partial charge in [-0.1, -0.05) is 0 Å². The molecule has 2 aromatic heterocycles. The normalized spacial score (nSPS) is 15.0. The second kappa shape index (κ2) is 5.78. The molecule has 0 amide bonds. The van der Waals surface area contributed by atoms with E-state index in [0.717, 1.165) is 32.0 Å². The van der Waals surface area contributed by atoms with Gasteiger partial charge in [0.1, 0.15) is 5.82 Å². The van der Waals surface area contributed by atoms with Gasteiger partial charge >= 0.3 is 5.97 Å². The number of anilines is 2. The molecule has 108 valence electrons. The summed E-state index contributed by atoms with van der Waals surface area (Å²) in [7, 11) is 0. The van der Waals surface area contributed by atoms with Crippen LogP contribution >= 0.6 is 0 Å². The first-order valence-corrected chi connectivity index (χ1v) is 6.83. The van der Waals surface area contributed by atoms with E-state index in [1.54, 1.807) is 24.5 Å². The van der Waals surface area contributed by atoms with Crippen molar-refractivity contribution in [2.75, 3.05) is 36.0 Å². The van der Waals surface area contributed by atoms with E-state index < -0.39 is 5.97 Å².